The van der Waals surface area contributed by atoms with Gasteiger partial charge < -0.3 is 15.3 Å². The highest BCUT2D eigenvalue weighted by atomic mass is 16.4. The molecule has 1 aromatic carbocycles. The van der Waals surface area contributed by atoms with Gasteiger partial charge in [-0.2, -0.15) is 0 Å². The van der Waals surface area contributed by atoms with Crippen LogP contribution in [-0.4, -0.2) is 46.9 Å². The van der Waals surface area contributed by atoms with Crippen molar-refractivity contribution >= 4 is 17.8 Å². The molecule has 2 N–H and O–H groups in total. The van der Waals surface area contributed by atoms with Crippen LogP contribution in [-0.2, 0) is 20.8 Å². The highest BCUT2D eigenvalue weighted by molar-refractivity contribution is 5.91. The topological polar surface area (TPSA) is 86.7 Å². The van der Waals surface area contributed by atoms with Crippen molar-refractivity contribution < 1.29 is 19.5 Å². The van der Waals surface area contributed by atoms with Gasteiger partial charge in [0.15, 0.2) is 0 Å². The summed E-state index contributed by atoms with van der Waals surface area (Å²) in [6, 6.07) is 8.15. The number of aliphatic carboxylic acids is 1. The number of likely N-dealkylation sites (tertiary alicyclic amines) is 1. The summed E-state index contributed by atoms with van der Waals surface area (Å²) < 4.78 is 0. The molecule has 0 aromatic heterocycles. The Hall–Kier alpha value is -2.37. The highest BCUT2D eigenvalue weighted by Crippen LogP contribution is 2.18. The first-order chi connectivity index (χ1) is 10.5. The van der Waals surface area contributed by atoms with Gasteiger partial charge in [0.25, 0.3) is 0 Å². The fraction of sp³-hybridized carbons (Fsp3) is 0.438. The van der Waals surface area contributed by atoms with Crippen LogP contribution in [0.1, 0.15) is 18.9 Å². The molecule has 2 rings (SSSR count). The first-order valence-electron chi connectivity index (χ1n) is 7.36. The predicted molar refractivity (Wildman–Crippen MR) is 80.1 cm³/mol. The van der Waals surface area contributed by atoms with Gasteiger partial charge in [-0.05, 0) is 12.5 Å². The molecule has 118 valence electrons. The third-order valence-corrected chi connectivity index (χ3v) is 3.86. The summed E-state index contributed by atoms with van der Waals surface area (Å²) in [5.74, 6) is -1.97. The number of hydrogen-bond acceptors (Lipinski definition) is 3. The molecule has 22 heavy (non-hydrogen) atoms. The van der Waals surface area contributed by atoms with Crippen LogP contribution in [0.3, 0.4) is 0 Å². The van der Waals surface area contributed by atoms with Crippen molar-refractivity contribution in [1.29, 1.82) is 0 Å². The minimum atomic E-state index is -1.08. The minimum absolute atomic E-state index is 0.0578. The number of carboxylic acids is 1. The molecule has 1 aromatic rings. The fourth-order valence-electron chi connectivity index (χ4n) is 2.59. The van der Waals surface area contributed by atoms with Crippen LogP contribution in [0.4, 0.5) is 0 Å². The molecule has 0 saturated carbocycles. The first kappa shape index (κ1) is 16.0. The van der Waals surface area contributed by atoms with Crippen molar-refractivity contribution in [3.05, 3.63) is 35.9 Å². The Kier molecular flexibility index (Phi) is 5.14. The Morgan fingerprint density at radius 2 is 2.05 bits per heavy atom. The van der Waals surface area contributed by atoms with E-state index in [-0.39, 0.29) is 24.7 Å². The average molecular weight is 304 g/mol. The molecule has 2 atom stereocenters. The third kappa shape index (κ3) is 3.84. The van der Waals surface area contributed by atoms with E-state index >= 15 is 0 Å². The predicted octanol–water partition coefficient (Wildman–Crippen LogP) is 0.667. The maximum absolute atomic E-state index is 12.2. The van der Waals surface area contributed by atoms with Gasteiger partial charge in [0.05, 0.1) is 5.92 Å². The van der Waals surface area contributed by atoms with Gasteiger partial charge in [-0.15, -0.1) is 0 Å². The molecular weight excluding hydrogens is 284 g/mol. The molecule has 0 radical (unpaired) electrons. The zero-order valence-corrected chi connectivity index (χ0v) is 12.5. The van der Waals surface area contributed by atoms with E-state index in [2.05, 4.69) is 5.32 Å². The quantitative estimate of drug-likeness (QED) is 0.808. The lowest BCUT2D eigenvalue weighted by Gasteiger charge is -2.18. The number of amides is 2. The molecule has 0 aliphatic carbocycles. The molecule has 1 saturated heterocycles. The Labute approximate surface area is 129 Å². The van der Waals surface area contributed by atoms with E-state index in [1.807, 2.05) is 37.3 Å². The number of carbonyl (C=O) groups excluding carboxylic acids is 2. The van der Waals surface area contributed by atoms with Crippen LogP contribution in [0.5, 0.6) is 0 Å². The smallest absolute Gasteiger partial charge is 0.326 e. The summed E-state index contributed by atoms with van der Waals surface area (Å²) in [4.78, 5) is 36.8. The third-order valence-electron chi connectivity index (χ3n) is 3.86. The molecular formula is C16H20N2O4. The van der Waals surface area contributed by atoms with Gasteiger partial charge in [-0.1, -0.05) is 30.3 Å². The van der Waals surface area contributed by atoms with Gasteiger partial charge in [0, 0.05) is 25.9 Å². The number of carboxylic acid groups (broad SMARTS) is 1. The fourth-order valence-corrected chi connectivity index (χ4v) is 2.59. The van der Waals surface area contributed by atoms with Crippen molar-refractivity contribution in [2.24, 2.45) is 5.92 Å². The van der Waals surface area contributed by atoms with Crippen LogP contribution >= 0.6 is 0 Å². The van der Waals surface area contributed by atoms with Crippen molar-refractivity contribution in [3.8, 4) is 0 Å². The number of nitrogens with one attached hydrogen (secondary N) is 1. The van der Waals surface area contributed by atoms with E-state index in [0.29, 0.717) is 13.1 Å². The van der Waals surface area contributed by atoms with E-state index in [9.17, 15) is 19.5 Å². The van der Waals surface area contributed by atoms with Crippen LogP contribution in [0, 0.1) is 5.92 Å². The van der Waals surface area contributed by atoms with E-state index in [1.165, 1.54) is 0 Å². The van der Waals surface area contributed by atoms with Crippen molar-refractivity contribution in [2.45, 2.75) is 25.8 Å². The van der Waals surface area contributed by atoms with E-state index in [1.54, 1.807) is 4.90 Å². The first-order valence-corrected chi connectivity index (χ1v) is 7.36. The Bertz CT molecular complexity index is 559. The summed E-state index contributed by atoms with van der Waals surface area (Å²) in [7, 11) is 0. The summed E-state index contributed by atoms with van der Waals surface area (Å²) in [6.07, 6.45) is 0.372. The van der Waals surface area contributed by atoms with E-state index < -0.39 is 17.9 Å². The largest absolute Gasteiger partial charge is 0.480 e. The van der Waals surface area contributed by atoms with Crippen LogP contribution < -0.4 is 5.32 Å². The maximum atomic E-state index is 12.2. The molecule has 6 heteroatoms. The number of nitrogens with zero attached hydrogens (tertiary/aromatic N) is 1. The number of rotatable bonds is 6. The Morgan fingerprint density at radius 3 is 2.59 bits per heavy atom. The SMILES string of the molecule is CCN1CC(C(=O)N[C@H](Cc2ccccc2)C(=O)O)CC1=O. The Morgan fingerprint density at radius 1 is 1.36 bits per heavy atom. The maximum Gasteiger partial charge on any atom is 0.326 e. The van der Waals surface area contributed by atoms with Crippen molar-refractivity contribution in [1.82, 2.24) is 10.2 Å². The molecule has 2 amide bonds. The second kappa shape index (κ2) is 7.06. The summed E-state index contributed by atoms with van der Waals surface area (Å²) in [5, 5.41) is 11.8. The van der Waals surface area contributed by atoms with Gasteiger partial charge in [0.2, 0.25) is 11.8 Å². The molecule has 6 nitrogen and oxygen atoms in total. The average Bonchev–Trinajstić information content (AvgIpc) is 2.88. The molecule has 0 bridgehead atoms. The molecule has 1 unspecified atom stereocenters. The van der Waals surface area contributed by atoms with Crippen molar-refractivity contribution in [3.63, 3.8) is 0 Å². The van der Waals surface area contributed by atoms with Gasteiger partial charge >= 0.3 is 5.97 Å². The normalized spacial score (nSPS) is 19.0. The summed E-state index contributed by atoms with van der Waals surface area (Å²) >= 11 is 0. The van der Waals surface area contributed by atoms with Crippen molar-refractivity contribution in [2.75, 3.05) is 13.1 Å². The molecule has 1 heterocycles. The van der Waals surface area contributed by atoms with E-state index in [4.69, 9.17) is 0 Å². The number of hydrogen-bond donors (Lipinski definition) is 2. The monoisotopic (exact) mass is 304 g/mol. The Balaban J connectivity index is 1.98. The highest BCUT2D eigenvalue weighted by Gasteiger charge is 2.35. The van der Waals surface area contributed by atoms with Gasteiger partial charge in [-0.3, -0.25) is 9.59 Å². The number of carbonyl (C=O) groups is 3. The van der Waals surface area contributed by atoms with Gasteiger partial charge in [0.1, 0.15) is 6.04 Å². The molecule has 0 spiro atoms. The standard InChI is InChI=1S/C16H20N2O4/c1-2-18-10-12(9-14(18)19)15(20)17-13(16(21)22)8-11-6-4-3-5-7-11/h3-7,12-13H,2,8-10H2,1H3,(H,17,20)(H,21,22)/t12?,13-/m1/s1. The second-order valence-corrected chi connectivity index (χ2v) is 5.42. The zero-order chi connectivity index (χ0) is 16.1. The molecule has 1 aliphatic heterocycles. The number of benzene rings is 1. The minimum Gasteiger partial charge on any atom is -0.480 e. The molecule has 1 fully saturated rings. The summed E-state index contributed by atoms with van der Waals surface area (Å²) in [6.45, 7) is 2.78. The lowest BCUT2D eigenvalue weighted by atomic mass is 10.0. The van der Waals surface area contributed by atoms with Crippen LogP contribution in [0.25, 0.3) is 0 Å². The summed E-state index contributed by atoms with van der Waals surface area (Å²) in [5.41, 5.74) is 0.841. The molecule has 1 aliphatic rings. The second-order valence-electron chi connectivity index (χ2n) is 5.42. The van der Waals surface area contributed by atoms with E-state index in [0.717, 1.165) is 5.56 Å². The lowest BCUT2D eigenvalue weighted by molar-refractivity contribution is -0.142. The van der Waals surface area contributed by atoms with Crippen LogP contribution in [0.2, 0.25) is 0 Å². The lowest BCUT2D eigenvalue weighted by Crippen LogP contribution is -2.45. The van der Waals surface area contributed by atoms with Gasteiger partial charge in [-0.25, -0.2) is 4.79 Å². The zero-order valence-electron chi connectivity index (χ0n) is 12.5. The van der Waals surface area contributed by atoms with Crippen LogP contribution in [0.15, 0.2) is 30.3 Å².